The molecule has 0 unspecified atom stereocenters. The van der Waals surface area contributed by atoms with Gasteiger partial charge in [0.25, 0.3) is 5.91 Å². The third-order valence-corrected chi connectivity index (χ3v) is 6.58. The van der Waals surface area contributed by atoms with Gasteiger partial charge in [0, 0.05) is 17.3 Å². The van der Waals surface area contributed by atoms with E-state index >= 15 is 0 Å². The van der Waals surface area contributed by atoms with Gasteiger partial charge in [-0.25, -0.2) is 12.8 Å². The largest absolute Gasteiger partial charge is 0.493 e. The van der Waals surface area contributed by atoms with Gasteiger partial charge in [-0.3, -0.25) is 9.10 Å². The van der Waals surface area contributed by atoms with Crippen LogP contribution in [0.4, 0.5) is 15.8 Å². The molecule has 0 saturated carbocycles. The zero-order valence-corrected chi connectivity index (χ0v) is 20.5. The van der Waals surface area contributed by atoms with Crippen LogP contribution in [-0.2, 0) is 16.6 Å². The lowest BCUT2D eigenvalue weighted by molar-refractivity contribution is 0.102. The highest BCUT2D eigenvalue weighted by Gasteiger charge is 2.27. The topological polar surface area (TPSA) is 84.9 Å². The Balaban J connectivity index is 2.15. The van der Waals surface area contributed by atoms with Gasteiger partial charge in [0.2, 0.25) is 10.0 Å². The number of hydrogen-bond donors (Lipinski definition) is 1. The van der Waals surface area contributed by atoms with E-state index in [2.05, 4.69) is 5.32 Å². The molecule has 1 N–H and O–H groups in total. The maximum Gasteiger partial charge on any atom is 0.257 e. The maximum absolute atomic E-state index is 14.4. The summed E-state index contributed by atoms with van der Waals surface area (Å²) < 4.78 is 51.7. The van der Waals surface area contributed by atoms with E-state index in [4.69, 9.17) is 9.47 Å². The Kier molecular flexibility index (Phi) is 7.46. The van der Waals surface area contributed by atoms with Gasteiger partial charge in [0.05, 0.1) is 38.3 Å². The average molecular weight is 487 g/mol. The minimum atomic E-state index is -3.93. The lowest BCUT2D eigenvalue weighted by Gasteiger charge is -2.26. The predicted molar refractivity (Wildman–Crippen MR) is 131 cm³/mol. The smallest absolute Gasteiger partial charge is 0.257 e. The van der Waals surface area contributed by atoms with Crippen LogP contribution in [-0.4, -0.2) is 34.8 Å². The molecule has 3 aromatic carbocycles. The standard InChI is InChI=1S/C25H27FN2O5S/c1-16-10-11-19(12-17(16)2)27-25(29)20-13-23(32-3)24(33-4)14-22(20)28(34(5,30)31)15-18-8-6-7-9-21(18)26/h6-14H,15H2,1-5H3,(H,27,29). The number of anilines is 2. The van der Waals surface area contributed by atoms with Crippen molar-refractivity contribution in [2.24, 2.45) is 0 Å². The van der Waals surface area contributed by atoms with E-state index in [1.165, 1.54) is 44.6 Å². The van der Waals surface area contributed by atoms with Crippen LogP contribution in [0.25, 0.3) is 0 Å². The molecular formula is C25H27FN2O5S. The number of aryl methyl sites for hydroxylation is 2. The molecule has 0 saturated heterocycles. The lowest BCUT2D eigenvalue weighted by Crippen LogP contribution is -2.32. The molecule has 0 heterocycles. The Hall–Kier alpha value is -3.59. The molecule has 0 radical (unpaired) electrons. The first-order chi connectivity index (χ1) is 16.0. The van der Waals surface area contributed by atoms with Gasteiger partial charge in [0.1, 0.15) is 5.82 Å². The number of benzene rings is 3. The molecule has 0 aliphatic carbocycles. The second-order valence-corrected chi connectivity index (χ2v) is 9.75. The molecule has 1 amide bonds. The third kappa shape index (κ3) is 5.48. The number of halogens is 1. The number of nitrogens with one attached hydrogen (secondary N) is 1. The predicted octanol–water partition coefficient (Wildman–Crippen LogP) is 4.68. The highest BCUT2D eigenvalue weighted by Crippen LogP contribution is 2.37. The van der Waals surface area contributed by atoms with E-state index in [0.717, 1.165) is 21.7 Å². The van der Waals surface area contributed by atoms with Gasteiger partial charge in [0.15, 0.2) is 11.5 Å². The van der Waals surface area contributed by atoms with Gasteiger partial charge in [-0.1, -0.05) is 24.3 Å². The van der Waals surface area contributed by atoms with Crippen LogP contribution in [0, 0.1) is 19.7 Å². The fourth-order valence-corrected chi connectivity index (χ4v) is 4.32. The van der Waals surface area contributed by atoms with Crippen molar-refractivity contribution in [2.75, 3.05) is 30.1 Å². The van der Waals surface area contributed by atoms with E-state index in [9.17, 15) is 17.6 Å². The first kappa shape index (κ1) is 25.0. The molecule has 3 rings (SSSR count). The van der Waals surface area contributed by atoms with E-state index < -0.39 is 21.7 Å². The van der Waals surface area contributed by atoms with Gasteiger partial charge in [-0.05, 0) is 49.2 Å². The first-order valence-electron chi connectivity index (χ1n) is 10.4. The van der Waals surface area contributed by atoms with Gasteiger partial charge in [-0.15, -0.1) is 0 Å². The number of carbonyl (C=O) groups is 1. The number of amides is 1. The third-order valence-electron chi connectivity index (χ3n) is 5.45. The fraction of sp³-hybridized carbons (Fsp3) is 0.240. The second kappa shape index (κ2) is 10.1. The average Bonchev–Trinajstić information content (AvgIpc) is 2.79. The molecule has 0 bridgehead atoms. The molecule has 0 aliphatic heterocycles. The summed E-state index contributed by atoms with van der Waals surface area (Å²) in [6.45, 7) is 3.57. The van der Waals surface area contributed by atoms with Gasteiger partial charge in [-0.2, -0.15) is 0 Å². The molecule has 0 spiro atoms. The van der Waals surface area contributed by atoms with Crippen molar-refractivity contribution in [3.05, 3.63) is 82.7 Å². The molecule has 0 aliphatic rings. The van der Waals surface area contributed by atoms with Crippen LogP contribution >= 0.6 is 0 Å². The van der Waals surface area contributed by atoms with Crippen molar-refractivity contribution in [3.8, 4) is 11.5 Å². The summed E-state index contributed by atoms with van der Waals surface area (Å²) in [5.74, 6) is -0.641. The summed E-state index contributed by atoms with van der Waals surface area (Å²) in [6, 6.07) is 14.1. The maximum atomic E-state index is 14.4. The van der Waals surface area contributed by atoms with Crippen LogP contribution < -0.4 is 19.1 Å². The summed E-state index contributed by atoms with van der Waals surface area (Å²) in [5, 5.41) is 2.81. The normalized spacial score (nSPS) is 11.1. The van der Waals surface area contributed by atoms with Crippen molar-refractivity contribution in [1.29, 1.82) is 0 Å². The van der Waals surface area contributed by atoms with Crippen LogP contribution in [0.2, 0.25) is 0 Å². The Labute approximate surface area is 199 Å². The summed E-state index contributed by atoms with van der Waals surface area (Å²) in [6.07, 6.45) is 0.996. The highest BCUT2D eigenvalue weighted by atomic mass is 32.2. The van der Waals surface area contributed by atoms with Crippen molar-refractivity contribution >= 4 is 27.3 Å². The number of ether oxygens (including phenoxy) is 2. The SMILES string of the molecule is COc1cc(C(=O)Nc2ccc(C)c(C)c2)c(N(Cc2ccccc2F)S(C)(=O)=O)cc1OC. The van der Waals surface area contributed by atoms with Crippen LogP contribution in [0.5, 0.6) is 11.5 Å². The Morgan fingerprint density at radius 2 is 1.62 bits per heavy atom. The fourth-order valence-electron chi connectivity index (χ4n) is 3.44. The number of carbonyl (C=O) groups excluding carboxylic acids is 1. The Bertz CT molecular complexity index is 1320. The zero-order chi connectivity index (χ0) is 25.0. The molecule has 0 atom stereocenters. The molecule has 34 heavy (non-hydrogen) atoms. The second-order valence-electron chi connectivity index (χ2n) is 7.84. The number of sulfonamides is 1. The Morgan fingerprint density at radius 3 is 2.21 bits per heavy atom. The van der Waals surface area contributed by atoms with Crippen molar-refractivity contribution in [3.63, 3.8) is 0 Å². The molecule has 0 aromatic heterocycles. The Morgan fingerprint density at radius 1 is 0.971 bits per heavy atom. The van der Waals surface area contributed by atoms with Crippen molar-refractivity contribution in [1.82, 2.24) is 0 Å². The van der Waals surface area contributed by atoms with Crippen LogP contribution in [0.1, 0.15) is 27.0 Å². The number of nitrogens with zero attached hydrogens (tertiary/aromatic N) is 1. The van der Waals surface area contributed by atoms with E-state index in [0.29, 0.717) is 5.69 Å². The van der Waals surface area contributed by atoms with Crippen molar-refractivity contribution in [2.45, 2.75) is 20.4 Å². The van der Waals surface area contributed by atoms with E-state index in [1.54, 1.807) is 12.1 Å². The quantitative estimate of drug-likeness (QED) is 0.500. The lowest BCUT2D eigenvalue weighted by atomic mass is 10.1. The minimum absolute atomic E-state index is 0.0256. The summed E-state index contributed by atoms with van der Waals surface area (Å²) in [4.78, 5) is 13.3. The molecule has 3 aromatic rings. The molecule has 7 nitrogen and oxygen atoms in total. The van der Waals surface area contributed by atoms with E-state index in [-0.39, 0.29) is 34.9 Å². The summed E-state index contributed by atoms with van der Waals surface area (Å²) >= 11 is 0. The number of rotatable bonds is 8. The monoisotopic (exact) mass is 486 g/mol. The summed E-state index contributed by atoms with van der Waals surface area (Å²) in [5.41, 5.74) is 2.82. The van der Waals surface area contributed by atoms with Crippen LogP contribution in [0.15, 0.2) is 54.6 Å². The summed E-state index contributed by atoms with van der Waals surface area (Å²) in [7, 11) is -1.11. The van der Waals surface area contributed by atoms with Crippen molar-refractivity contribution < 1.29 is 27.1 Å². The molecule has 9 heteroatoms. The van der Waals surface area contributed by atoms with Gasteiger partial charge >= 0.3 is 0 Å². The molecule has 0 fully saturated rings. The minimum Gasteiger partial charge on any atom is -0.493 e. The number of hydrogen-bond acceptors (Lipinski definition) is 5. The first-order valence-corrected chi connectivity index (χ1v) is 12.3. The highest BCUT2D eigenvalue weighted by molar-refractivity contribution is 7.92. The van der Waals surface area contributed by atoms with Gasteiger partial charge < -0.3 is 14.8 Å². The number of methoxy groups -OCH3 is 2. The van der Waals surface area contributed by atoms with Crippen LogP contribution in [0.3, 0.4) is 0 Å². The molecular weight excluding hydrogens is 459 g/mol. The van der Waals surface area contributed by atoms with E-state index in [1.807, 2.05) is 26.0 Å². The zero-order valence-electron chi connectivity index (χ0n) is 19.7. The molecule has 180 valence electrons.